The van der Waals surface area contributed by atoms with Gasteiger partial charge in [0.05, 0.1) is 34.0 Å². The first-order valence-corrected chi connectivity index (χ1v) is 22.7. The molecule has 4 aromatic carbocycles. The second-order valence-corrected chi connectivity index (χ2v) is 17.4. The summed E-state index contributed by atoms with van der Waals surface area (Å²) in [4.78, 5) is 0. The van der Waals surface area contributed by atoms with Crippen molar-refractivity contribution >= 4 is 36.9 Å². The van der Waals surface area contributed by atoms with Crippen molar-refractivity contribution in [3.05, 3.63) is 119 Å². The van der Waals surface area contributed by atoms with Gasteiger partial charge in [0.25, 0.3) is 0 Å². The molecule has 0 bridgehead atoms. The van der Waals surface area contributed by atoms with Gasteiger partial charge in [-0.05, 0) is 111 Å². The van der Waals surface area contributed by atoms with Crippen molar-refractivity contribution in [2.24, 2.45) is 0 Å². The summed E-state index contributed by atoms with van der Waals surface area (Å²) in [5.41, 5.74) is 11.6. The molecule has 0 saturated carbocycles. The van der Waals surface area contributed by atoms with Gasteiger partial charge in [0.15, 0.2) is 0 Å². The summed E-state index contributed by atoms with van der Waals surface area (Å²) in [5.74, 6) is 0.688. The maximum absolute atomic E-state index is 11.2. The second kappa shape index (κ2) is 28.3. The SMILES string of the molecule is C/C=C/c1cc(OC)c(C)cc1OCCCS(=O)(=O)[O-].O=S(=O)=O.[CH2-]CCCC1(CCCCS(=O)(=O)[O-])c2cc(C)ccc2-c2ccc(-c3ccc(C)cc3)cc21.[K+].[Na+].[Na+]. The molecule has 17 heteroatoms. The van der Waals surface area contributed by atoms with E-state index in [4.69, 9.17) is 22.1 Å². The molecule has 0 N–H and O–H groups in total. The van der Waals surface area contributed by atoms with Gasteiger partial charge in [-0.15, -0.1) is 12.6 Å². The van der Waals surface area contributed by atoms with Crippen LogP contribution >= 0.6 is 0 Å². The number of hydrogen-bond donors (Lipinski definition) is 0. The Morgan fingerprint density at radius 3 is 1.77 bits per heavy atom. The molecule has 0 aromatic heterocycles. The number of methoxy groups -OCH3 is 1. The van der Waals surface area contributed by atoms with Crippen LogP contribution in [0.2, 0.25) is 0 Å². The number of allylic oxidation sites excluding steroid dienone is 1. The van der Waals surface area contributed by atoms with Gasteiger partial charge in [0.1, 0.15) is 11.5 Å². The Balaban J connectivity index is 0.00000111. The molecule has 0 spiro atoms. The van der Waals surface area contributed by atoms with Crippen molar-refractivity contribution in [2.75, 3.05) is 25.2 Å². The number of benzene rings is 4. The van der Waals surface area contributed by atoms with Crippen LogP contribution in [-0.2, 0) is 36.3 Å². The fourth-order valence-electron chi connectivity index (χ4n) is 7.08. The van der Waals surface area contributed by atoms with Gasteiger partial charge in [-0.2, -0.15) is 6.42 Å². The van der Waals surface area contributed by atoms with E-state index in [2.05, 4.69) is 81.4 Å². The average molecular weight is 925 g/mol. The molecule has 0 amide bonds. The van der Waals surface area contributed by atoms with Gasteiger partial charge in [-0.3, -0.25) is 0 Å². The van der Waals surface area contributed by atoms with Crippen LogP contribution in [0.1, 0.15) is 85.3 Å². The number of ether oxygens (including phenoxy) is 2. The minimum atomic E-state index is -4.19. The van der Waals surface area contributed by atoms with Gasteiger partial charge in [-0.25, -0.2) is 16.8 Å². The predicted molar refractivity (Wildman–Crippen MR) is 222 cm³/mol. The molecule has 0 aliphatic heterocycles. The zero-order chi connectivity index (χ0) is 42.4. The molecule has 1 unspecified atom stereocenters. The second-order valence-electron chi connectivity index (χ2n) is 14.0. The van der Waals surface area contributed by atoms with E-state index in [-0.39, 0.29) is 135 Å². The van der Waals surface area contributed by atoms with Crippen molar-refractivity contribution in [1.29, 1.82) is 0 Å². The fourth-order valence-corrected chi connectivity index (χ4v) is 8.11. The summed E-state index contributed by atoms with van der Waals surface area (Å²) < 4.78 is 101. The first-order chi connectivity index (χ1) is 26.8. The summed E-state index contributed by atoms with van der Waals surface area (Å²) in [7, 11) is -9.88. The molecule has 0 radical (unpaired) electrons. The van der Waals surface area contributed by atoms with Crippen LogP contribution in [-0.4, -0.2) is 63.8 Å². The van der Waals surface area contributed by atoms with Crippen molar-refractivity contribution < 1.29 is 159 Å². The Kier molecular flexibility index (Phi) is 27.9. The topological polar surface area (TPSA) is 184 Å². The smallest absolute Gasteiger partial charge is 0.748 e. The number of rotatable bonds is 16. The maximum Gasteiger partial charge on any atom is 1.00 e. The number of aryl methyl sites for hydroxylation is 3. The van der Waals surface area contributed by atoms with Gasteiger partial charge in [-0.1, -0.05) is 90.7 Å². The van der Waals surface area contributed by atoms with E-state index in [1.807, 2.05) is 38.1 Å². The number of unbranched alkanes of at least 4 members (excludes halogenated alkanes) is 2. The zero-order valence-electron chi connectivity index (χ0n) is 36.1. The number of fused-ring (bicyclic) bond motifs is 3. The van der Waals surface area contributed by atoms with Crippen molar-refractivity contribution in [1.82, 2.24) is 0 Å². The molecule has 11 nitrogen and oxygen atoms in total. The van der Waals surface area contributed by atoms with E-state index in [1.165, 1.54) is 44.5 Å². The van der Waals surface area contributed by atoms with Gasteiger partial charge in [0, 0.05) is 22.5 Å². The molecule has 4 aromatic rings. The third-order valence-corrected chi connectivity index (χ3v) is 11.2. The van der Waals surface area contributed by atoms with Crippen molar-refractivity contribution in [2.45, 2.75) is 78.1 Å². The molecular weight excluding hydrogens is 874 g/mol. The van der Waals surface area contributed by atoms with Gasteiger partial charge < -0.3 is 25.5 Å². The molecule has 0 fully saturated rings. The quantitative estimate of drug-likeness (QED) is 0.0601. The Hall–Kier alpha value is -0.704. The van der Waals surface area contributed by atoms with Crippen molar-refractivity contribution in [3.63, 3.8) is 0 Å². The monoisotopic (exact) mass is 924 g/mol. The Labute approximate surface area is 445 Å². The standard InChI is InChI=1S/C29H33O3S.C14H20O5S.K.2Na.O3S/c1-4-5-16-29(17-6-7-18-33(30,31)32)27-19-22(3)10-14-25(27)26-15-13-24(20-28(26)29)23-11-8-21(2)9-12-23;1-4-6-12-10-13(18-3)11(2)9-14(12)19-7-5-8-20(15,16)17;;;;1-4(2)3/h8-15,19-20H,1,4-7,16-18H2,2-3H3,(H,30,31,32);4,6,9-10H,5,7-8H2,1-3H3,(H,15,16,17);;;;/q-1;;3*+1;/p-2/b;6-4+;;;;. The minimum Gasteiger partial charge on any atom is -0.748 e. The molecule has 0 saturated heterocycles. The van der Waals surface area contributed by atoms with Crippen LogP contribution in [0, 0.1) is 27.7 Å². The van der Waals surface area contributed by atoms with E-state index >= 15 is 0 Å². The maximum atomic E-state index is 11.2. The summed E-state index contributed by atoms with van der Waals surface area (Å²) in [5, 5.41) is 0. The minimum absolute atomic E-state index is 0. The molecule has 1 atom stereocenters. The Morgan fingerprint density at radius 2 is 1.22 bits per heavy atom. The summed E-state index contributed by atoms with van der Waals surface area (Å²) in [6, 6.07) is 25.8. The molecule has 60 heavy (non-hydrogen) atoms. The van der Waals surface area contributed by atoms with Crippen LogP contribution in [0.15, 0.2) is 78.9 Å². The fraction of sp³-hybridized carbons (Fsp3) is 0.372. The largest absolute Gasteiger partial charge is 1.00 e. The molecule has 5 rings (SSSR count). The molecule has 1 aliphatic carbocycles. The van der Waals surface area contributed by atoms with E-state index in [9.17, 15) is 25.9 Å². The summed E-state index contributed by atoms with van der Waals surface area (Å²) in [6.45, 7) is 12.3. The van der Waals surface area contributed by atoms with Crippen molar-refractivity contribution in [3.8, 4) is 33.8 Å². The van der Waals surface area contributed by atoms with Crippen LogP contribution in [0.4, 0.5) is 0 Å². The van der Waals surface area contributed by atoms with Gasteiger partial charge >= 0.3 is 121 Å². The predicted octanol–water partition coefficient (Wildman–Crippen LogP) is -0.684. The van der Waals surface area contributed by atoms with E-state index in [0.717, 1.165) is 42.6 Å². The summed E-state index contributed by atoms with van der Waals surface area (Å²) >= 11 is 0. The molecular formula is C43H51KNa2O11S3. The molecule has 310 valence electrons. The average Bonchev–Trinajstić information content (AvgIpc) is 3.39. The van der Waals surface area contributed by atoms with Gasteiger partial charge in [0.2, 0.25) is 0 Å². The molecule has 0 heterocycles. The first-order valence-electron chi connectivity index (χ1n) is 18.5. The van der Waals surface area contributed by atoms with Crippen LogP contribution in [0.25, 0.3) is 28.3 Å². The Morgan fingerprint density at radius 1 is 0.700 bits per heavy atom. The van der Waals surface area contributed by atoms with Crippen LogP contribution < -0.4 is 120 Å². The van der Waals surface area contributed by atoms with E-state index in [1.54, 1.807) is 7.11 Å². The summed E-state index contributed by atoms with van der Waals surface area (Å²) in [6.07, 6.45) is 8.64. The first kappa shape index (κ1) is 59.3. The van der Waals surface area contributed by atoms with E-state index in [0.29, 0.717) is 18.6 Å². The number of hydrogen-bond acceptors (Lipinski definition) is 11. The third-order valence-electron chi connectivity index (χ3n) is 9.67. The van der Waals surface area contributed by atoms with E-state index < -0.39 is 36.6 Å². The normalized spacial score (nSPS) is 13.7. The molecule has 1 aliphatic rings. The third kappa shape index (κ3) is 18.8. The van der Waals surface area contributed by atoms with Crippen LogP contribution in [0.5, 0.6) is 11.5 Å². The Bertz CT molecular complexity index is 2350. The zero-order valence-corrected chi connectivity index (χ0v) is 45.6. The van der Waals surface area contributed by atoms with Crippen LogP contribution in [0.3, 0.4) is 0 Å².